The molecule has 0 bridgehead atoms. The van der Waals surface area contributed by atoms with Crippen LogP contribution < -0.4 is 4.74 Å². The summed E-state index contributed by atoms with van der Waals surface area (Å²) < 4.78 is 55.2. The van der Waals surface area contributed by atoms with Crippen LogP contribution >= 0.6 is 0 Å². The van der Waals surface area contributed by atoms with E-state index in [4.69, 9.17) is 0 Å². The number of ether oxygens (including phenoxy) is 1. The van der Waals surface area contributed by atoms with Gasteiger partial charge in [0.1, 0.15) is 0 Å². The highest BCUT2D eigenvalue weighted by molar-refractivity contribution is 5.29. The normalized spacial score (nSPS) is 10.1. The third-order valence-electron chi connectivity index (χ3n) is 1.35. The van der Waals surface area contributed by atoms with E-state index in [0.717, 1.165) is 0 Å². The number of allylic oxidation sites excluding steroid dienone is 1. The molecule has 0 fully saturated rings. The quantitative estimate of drug-likeness (QED) is 0.312. The van der Waals surface area contributed by atoms with E-state index in [1.165, 1.54) is 6.92 Å². The van der Waals surface area contributed by atoms with Crippen LogP contribution in [-0.2, 0) is 0 Å². The van der Waals surface area contributed by atoms with E-state index >= 15 is 0 Å². The van der Waals surface area contributed by atoms with E-state index in [-0.39, 0.29) is 11.8 Å². The summed E-state index contributed by atoms with van der Waals surface area (Å²) in [6, 6.07) is 0.205. The minimum absolute atomic E-state index is 0.0335. The van der Waals surface area contributed by atoms with Crippen LogP contribution in [0.1, 0.15) is 6.92 Å². The van der Waals surface area contributed by atoms with Crippen molar-refractivity contribution in [2.24, 2.45) is 0 Å². The van der Waals surface area contributed by atoms with Crippen LogP contribution in [-0.4, -0.2) is 0 Å². The second-order valence-electron chi connectivity index (χ2n) is 2.60. The van der Waals surface area contributed by atoms with Gasteiger partial charge < -0.3 is 4.74 Å². The van der Waals surface area contributed by atoms with Gasteiger partial charge in [-0.1, -0.05) is 6.58 Å². The molecule has 5 heteroatoms. The Morgan fingerprint density at radius 2 is 1.71 bits per heavy atom. The summed E-state index contributed by atoms with van der Waals surface area (Å²) in [6.45, 7) is 4.53. The summed E-state index contributed by atoms with van der Waals surface area (Å²) in [7, 11) is 0. The Morgan fingerprint density at radius 3 is 2.21 bits per heavy atom. The van der Waals surface area contributed by atoms with Crippen molar-refractivity contribution in [2.45, 2.75) is 6.92 Å². The Bertz CT molecular complexity index is 387. The molecule has 14 heavy (non-hydrogen) atoms. The van der Waals surface area contributed by atoms with Gasteiger partial charge in [0.05, 0.1) is 5.76 Å². The Labute approximate surface area is 77.6 Å². The highest BCUT2D eigenvalue weighted by atomic mass is 19.2. The molecule has 0 radical (unpaired) electrons. The van der Waals surface area contributed by atoms with Gasteiger partial charge >= 0.3 is 0 Å². The summed E-state index contributed by atoms with van der Waals surface area (Å²) >= 11 is 0. The van der Waals surface area contributed by atoms with Crippen molar-refractivity contribution in [3.05, 3.63) is 41.7 Å². The van der Waals surface area contributed by atoms with E-state index in [0.29, 0.717) is 0 Å². The molecule has 0 saturated heterocycles. The van der Waals surface area contributed by atoms with E-state index in [1.54, 1.807) is 0 Å². The molecule has 0 aliphatic heterocycles. The maximum absolute atomic E-state index is 12.9. The summed E-state index contributed by atoms with van der Waals surface area (Å²) in [5, 5.41) is 0. The maximum atomic E-state index is 12.9. The lowest BCUT2D eigenvalue weighted by Crippen LogP contribution is -2.01. The summed E-state index contributed by atoms with van der Waals surface area (Å²) in [5.74, 6) is -7.42. The molecule has 0 aromatic heterocycles. The zero-order valence-corrected chi connectivity index (χ0v) is 7.20. The van der Waals surface area contributed by atoms with Gasteiger partial charge in [-0.3, -0.25) is 0 Å². The molecule has 1 rings (SSSR count). The van der Waals surface area contributed by atoms with Gasteiger partial charge in [-0.2, -0.15) is 4.39 Å². The molecule has 76 valence electrons. The first kappa shape index (κ1) is 10.6. The number of hydrogen-bond donors (Lipinski definition) is 0. The predicted octanol–water partition coefficient (Wildman–Crippen LogP) is 3.16. The average Bonchev–Trinajstić information content (AvgIpc) is 2.09. The monoisotopic (exact) mass is 206 g/mol. The van der Waals surface area contributed by atoms with Gasteiger partial charge in [-0.05, 0) is 6.92 Å². The molecule has 0 saturated carbocycles. The first-order valence-corrected chi connectivity index (χ1v) is 3.60. The Morgan fingerprint density at radius 1 is 1.14 bits per heavy atom. The Hall–Kier alpha value is -1.52. The number of hydrogen-bond acceptors (Lipinski definition) is 1. The smallest absolute Gasteiger partial charge is 0.207 e. The van der Waals surface area contributed by atoms with E-state index in [9.17, 15) is 17.6 Å². The van der Waals surface area contributed by atoms with Crippen LogP contribution in [0, 0.1) is 23.3 Å². The lowest BCUT2D eigenvalue weighted by molar-refractivity contribution is 0.345. The van der Waals surface area contributed by atoms with E-state index in [1.807, 2.05) is 0 Å². The molecule has 1 nitrogen and oxygen atoms in total. The van der Waals surface area contributed by atoms with Crippen molar-refractivity contribution in [3.8, 4) is 5.75 Å². The Balaban J connectivity index is 3.29. The molecule has 0 aliphatic carbocycles. The van der Waals surface area contributed by atoms with Crippen molar-refractivity contribution >= 4 is 0 Å². The van der Waals surface area contributed by atoms with Gasteiger partial charge in [0.15, 0.2) is 17.5 Å². The van der Waals surface area contributed by atoms with Crippen LogP contribution in [0.2, 0.25) is 0 Å². The van der Waals surface area contributed by atoms with Gasteiger partial charge in [-0.25, -0.2) is 13.2 Å². The number of halogens is 4. The predicted molar refractivity (Wildman–Crippen MR) is 41.7 cm³/mol. The molecular weight excluding hydrogens is 200 g/mol. The van der Waals surface area contributed by atoms with Gasteiger partial charge in [0.2, 0.25) is 11.6 Å². The molecule has 0 amide bonds. The van der Waals surface area contributed by atoms with Gasteiger partial charge in [0, 0.05) is 6.07 Å². The van der Waals surface area contributed by atoms with Crippen LogP contribution in [0.5, 0.6) is 5.75 Å². The zero-order valence-electron chi connectivity index (χ0n) is 7.20. The largest absolute Gasteiger partial charge is 0.456 e. The molecule has 0 aliphatic rings. The molecular formula is C9H6F4O. The fourth-order valence-corrected chi connectivity index (χ4v) is 0.817. The minimum Gasteiger partial charge on any atom is -0.456 e. The number of rotatable bonds is 2. The van der Waals surface area contributed by atoms with E-state index < -0.39 is 29.0 Å². The van der Waals surface area contributed by atoms with Crippen LogP contribution in [0.3, 0.4) is 0 Å². The second kappa shape index (κ2) is 3.69. The highest BCUT2D eigenvalue weighted by Gasteiger charge is 2.20. The van der Waals surface area contributed by atoms with Crippen molar-refractivity contribution in [3.63, 3.8) is 0 Å². The first-order chi connectivity index (χ1) is 6.43. The topological polar surface area (TPSA) is 9.23 Å². The molecule has 1 aromatic carbocycles. The molecule has 1 aromatic rings. The highest BCUT2D eigenvalue weighted by Crippen LogP contribution is 2.27. The fraction of sp³-hybridized carbons (Fsp3) is 0.111. The summed E-state index contributed by atoms with van der Waals surface area (Å²) in [6.07, 6.45) is 0. The van der Waals surface area contributed by atoms with Crippen LogP contribution in [0.4, 0.5) is 17.6 Å². The molecule has 0 heterocycles. The molecule has 0 N–H and O–H groups in total. The summed E-state index contributed by atoms with van der Waals surface area (Å²) in [5.41, 5.74) is 0. The maximum Gasteiger partial charge on any atom is 0.207 e. The Kier molecular flexibility index (Phi) is 2.78. The number of benzene rings is 1. The van der Waals surface area contributed by atoms with Crippen LogP contribution in [0.25, 0.3) is 0 Å². The average molecular weight is 206 g/mol. The SMILES string of the molecule is C=C(C)Oc1c(F)cc(F)c(F)c1F. The fourth-order valence-electron chi connectivity index (χ4n) is 0.817. The van der Waals surface area contributed by atoms with Crippen molar-refractivity contribution in [1.82, 2.24) is 0 Å². The van der Waals surface area contributed by atoms with Gasteiger partial charge in [-0.15, -0.1) is 0 Å². The van der Waals surface area contributed by atoms with Crippen molar-refractivity contribution < 1.29 is 22.3 Å². The zero-order chi connectivity index (χ0) is 10.9. The third kappa shape index (κ3) is 1.86. The molecule has 0 unspecified atom stereocenters. The van der Waals surface area contributed by atoms with Crippen molar-refractivity contribution in [2.75, 3.05) is 0 Å². The standard InChI is InChI=1S/C9H6F4O/c1-4(2)14-9-6(11)3-5(10)7(12)8(9)13/h3H,1H2,2H3. The van der Waals surface area contributed by atoms with Crippen molar-refractivity contribution in [1.29, 1.82) is 0 Å². The lowest BCUT2D eigenvalue weighted by Gasteiger charge is -2.07. The van der Waals surface area contributed by atoms with Gasteiger partial charge in [0.25, 0.3) is 0 Å². The minimum atomic E-state index is -1.78. The molecule has 0 atom stereocenters. The first-order valence-electron chi connectivity index (χ1n) is 3.60. The van der Waals surface area contributed by atoms with Crippen LogP contribution in [0.15, 0.2) is 18.4 Å². The summed E-state index contributed by atoms with van der Waals surface area (Å²) in [4.78, 5) is 0. The third-order valence-corrected chi connectivity index (χ3v) is 1.35. The molecule has 0 spiro atoms. The van der Waals surface area contributed by atoms with E-state index in [2.05, 4.69) is 11.3 Å². The second-order valence-corrected chi connectivity index (χ2v) is 2.60. The lowest BCUT2D eigenvalue weighted by atomic mass is 10.3.